The Morgan fingerprint density at radius 3 is 2.61 bits per heavy atom. The summed E-state index contributed by atoms with van der Waals surface area (Å²) in [7, 11) is 0. The number of rotatable bonds is 5. The van der Waals surface area contributed by atoms with Gasteiger partial charge in [0.2, 0.25) is 5.91 Å². The molecule has 160 valence electrons. The first-order chi connectivity index (χ1) is 15.2. The van der Waals surface area contributed by atoms with Crippen LogP contribution in [-0.2, 0) is 11.3 Å². The lowest BCUT2D eigenvalue weighted by Gasteiger charge is -2.31. The maximum Gasteiger partial charge on any atom is 0.264 e. The molecule has 2 amide bonds. The van der Waals surface area contributed by atoms with Crippen LogP contribution >= 0.6 is 22.7 Å². The van der Waals surface area contributed by atoms with Gasteiger partial charge in [-0.05, 0) is 47.9 Å². The summed E-state index contributed by atoms with van der Waals surface area (Å²) in [5.41, 5.74) is 0.748. The number of hydrogen-bond donors (Lipinski definition) is 0. The minimum atomic E-state index is -0.470. The van der Waals surface area contributed by atoms with E-state index in [1.54, 1.807) is 21.1 Å². The highest BCUT2D eigenvalue weighted by molar-refractivity contribution is 7.12. The fourth-order valence-corrected chi connectivity index (χ4v) is 5.41. The van der Waals surface area contributed by atoms with Crippen LogP contribution in [0.25, 0.3) is 0 Å². The van der Waals surface area contributed by atoms with Crippen LogP contribution < -0.4 is 14.4 Å². The first-order valence-corrected chi connectivity index (χ1v) is 12.0. The molecule has 4 heterocycles. The second-order valence-corrected chi connectivity index (χ2v) is 9.45. The molecule has 0 N–H and O–H groups in total. The Hall–Kier alpha value is -2.84. The number of hydrogen-bond acceptors (Lipinski definition) is 6. The van der Waals surface area contributed by atoms with Crippen LogP contribution in [0.15, 0.2) is 53.2 Å². The van der Waals surface area contributed by atoms with Crippen LogP contribution in [0.1, 0.15) is 27.4 Å². The summed E-state index contributed by atoms with van der Waals surface area (Å²) >= 11 is 3.02. The van der Waals surface area contributed by atoms with Crippen LogP contribution in [0.4, 0.5) is 5.69 Å². The largest absolute Gasteiger partial charge is 0.486 e. The number of likely N-dealkylation sites (tertiary alicyclic amines) is 1. The van der Waals surface area contributed by atoms with E-state index in [4.69, 9.17) is 9.47 Å². The van der Waals surface area contributed by atoms with Crippen LogP contribution in [0.5, 0.6) is 11.5 Å². The molecule has 1 saturated heterocycles. The first-order valence-electron chi connectivity index (χ1n) is 10.3. The molecule has 1 atom stereocenters. The zero-order chi connectivity index (χ0) is 21.2. The third-order valence-corrected chi connectivity index (χ3v) is 7.25. The van der Waals surface area contributed by atoms with Gasteiger partial charge in [0.15, 0.2) is 11.5 Å². The molecule has 5 rings (SSSR count). The van der Waals surface area contributed by atoms with E-state index in [1.807, 2.05) is 53.2 Å². The van der Waals surface area contributed by atoms with E-state index in [0.29, 0.717) is 49.1 Å². The van der Waals surface area contributed by atoms with Gasteiger partial charge in [0.25, 0.3) is 5.91 Å². The molecule has 0 radical (unpaired) electrons. The molecule has 2 aliphatic heterocycles. The Labute approximate surface area is 188 Å². The standard InChI is InChI=1S/C23H22N2O4S2/c26-22(18-5-1-9-24(18)23(27)21-6-3-13-31-21)25(15-17-4-2-12-30-17)16-7-8-19-20(14-16)29-11-10-28-19/h2-4,6-8,12-14,18H,1,5,9-11,15H2/t18-/m0/s1. The summed E-state index contributed by atoms with van der Waals surface area (Å²) in [5.74, 6) is 1.20. The van der Waals surface area contributed by atoms with Gasteiger partial charge in [-0.3, -0.25) is 9.59 Å². The molecule has 0 bridgehead atoms. The number of ether oxygens (including phenoxy) is 2. The number of thiophene rings is 2. The van der Waals surface area contributed by atoms with Crippen molar-refractivity contribution in [3.63, 3.8) is 0 Å². The summed E-state index contributed by atoms with van der Waals surface area (Å²) in [6, 6.07) is 12.8. The molecule has 0 unspecified atom stereocenters. The third kappa shape index (κ3) is 4.05. The number of carbonyl (C=O) groups excluding carboxylic acids is 2. The first kappa shape index (κ1) is 20.1. The Bertz CT molecular complexity index is 1070. The molecule has 0 spiro atoms. The van der Waals surface area contributed by atoms with Crippen molar-refractivity contribution < 1.29 is 19.1 Å². The van der Waals surface area contributed by atoms with Gasteiger partial charge in [-0.25, -0.2) is 0 Å². The highest BCUT2D eigenvalue weighted by Gasteiger charge is 2.38. The van der Waals surface area contributed by atoms with E-state index >= 15 is 0 Å². The molecule has 31 heavy (non-hydrogen) atoms. The SMILES string of the molecule is O=C([C@@H]1CCCN1C(=O)c1cccs1)N(Cc1cccs1)c1ccc2c(c1)OCCO2. The molecular weight excluding hydrogens is 432 g/mol. The Kier molecular flexibility index (Phi) is 5.65. The van der Waals surface area contributed by atoms with Gasteiger partial charge in [0, 0.05) is 23.2 Å². The van der Waals surface area contributed by atoms with Crippen molar-refractivity contribution in [2.75, 3.05) is 24.7 Å². The Balaban J connectivity index is 1.46. The molecule has 0 saturated carbocycles. The molecule has 1 aromatic carbocycles. The van der Waals surface area contributed by atoms with E-state index in [2.05, 4.69) is 0 Å². The number of benzene rings is 1. The van der Waals surface area contributed by atoms with Gasteiger partial charge in [-0.2, -0.15) is 0 Å². The highest BCUT2D eigenvalue weighted by atomic mass is 32.1. The lowest BCUT2D eigenvalue weighted by atomic mass is 10.1. The van der Waals surface area contributed by atoms with E-state index in [0.717, 1.165) is 17.0 Å². The molecule has 2 aliphatic rings. The van der Waals surface area contributed by atoms with E-state index in [9.17, 15) is 9.59 Å². The molecular formula is C23H22N2O4S2. The second kappa shape index (κ2) is 8.72. The number of carbonyl (C=O) groups is 2. The van der Waals surface area contributed by atoms with Crippen molar-refractivity contribution in [3.8, 4) is 11.5 Å². The smallest absolute Gasteiger partial charge is 0.264 e. The predicted octanol–water partition coefficient (Wildman–Crippen LogP) is 4.42. The van der Waals surface area contributed by atoms with E-state index in [1.165, 1.54) is 11.3 Å². The van der Waals surface area contributed by atoms with Crippen molar-refractivity contribution in [1.82, 2.24) is 4.90 Å². The van der Waals surface area contributed by atoms with Gasteiger partial charge in [-0.1, -0.05) is 12.1 Å². The van der Waals surface area contributed by atoms with Gasteiger partial charge < -0.3 is 19.3 Å². The minimum absolute atomic E-state index is 0.0625. The summed E-state index contributed by atoms with van der Waals surface area (Å²) < 4.78 is 11.4. The third-order valence-electron chi connectivity index (χ3n) is 5.53. The van der Waals surface area contributed by atoms with Crippen LogP contribution in [-0.4, -0.2) is 42.5 Å². The summed E-state index contributed by atoms with van der Waals surface area (Å²) in [6.45, 7) is 2.06. The topological polar surface area (TPSA) is 59.1 Å². The summed E-state index contributed by atoms with van der Waals surface area (Å²) in [4.78, 5) is 32.1. The van der Waals surface area contributed by atoms with Crippen molar-refractivity contribution in [2.45, 2.75) is 25.4 Å². The van der Waals surface area contributed by atoms with Crippen molar-refractivity contribution in [2.24, 2.45) is 0 Å². The van der Waals surface area contributed by atoms with Gasteiger partial charge >= 0.3 is 0 Å². The zero-order valence-electron chi connectivity index (χ0n) is 16.9. The predicted molar refractivity (Wildman–Crippen MR) is 121 cm³/mol. The number of nitrogens with zero attached hydrogens (tertiary/aromatic N) is 2. The summed E-state index contributed by atoms with van der Waals surface area (Å²) in [5, 5.41) is 3.89. The lowest BCUT2D eigenvalue weighted by molar-refractivity contribution is -0.122. The number of fused-ring (bicyclic) bond motifs is 1. The van der Waals surface area contributed by atoms with Crippen molar-refractivity contribution >= 4 is 40.2 Å². The van der Waals surface area contributed by atoms with E-state index in [-0.39, 0.29) is 11.8 Å². The monoisotopic (exact) mass is 454 g/mol. The average molecular weight is 455 g/mol. The molecule has 0 aliphatic carbocycles. The second-order valence-electron chi connectivity index (χ2n) is 7.47. The normalized spacial score (nSPS) is 17.5. The zero-order valence-corrected chi connectivity index (χ0v) is 18.5. The summed E-state index contributed by atoms with van der Waals surface area (Å²) in [6.07, 6.45) is 1.49. The van der Waals surface area contributed by atoms with Crippen molar-refractivity contribution in [3.05, 3.63) is 63.0 Å². The fraction of sp³-hybridized carbons (Fsp3) is 0.304. The number of anilines is 1. The average Bonchev–Trinajstić information content (AvgIpc) is 3.58. The fourth-order valence-electron chi connectivity index (χ4n) is 4.04. The quantitative estimate of drug-likeness (QED) is 0.573. The van der Waals surface area contributed by atoms with Crippen LogP contribution in [0.3, 0.4) is 0 Å². The lowest BCUT2D eigenvalue weighted by Crippen LogP contribution is -2.47. The van der Waals surface area contributed by atoms with Gasteiger partial charge in [0.05, 0.1) is 11.4 Å². The Morgan fingerprint density at radius 2 is 1.84 bits per heavy atom. The molecule has 3 aromatic rings. The molecule has 6 nitrogen and oxygen atoms in total. The molecule has 1 fully saturated rings. The maximum absolute atomic E-state index is 13.8. The van der Waals surface area contributed by atoms with E-state index < -0.39 is 6.04 Å². The number of amides is 2. The Morgan fingerprint density at radius 1 is 1.03 bits per heavy atom. The molecule has 2 aromatic heterocycles. The van der Waals surface area contributed by atoms with Crippen molar-refractivity contribution in [1.29, 1.82) is 0 Å². The van der Waals surface area contributed by atoms with Crippen LogP contribution in [0.2, 0.25) is 0 Å². The highest BCUT2D eigenvalue weighted by Crippen LogP contribution is 2.36. The minimum Gasteiger partial charge on any atom is -0.486 e. The van der Waals surface area contributed by atoms with Gasteiger partial charge in [-0.15, -0.1) is 22.7 Å². The maximum atomic E-state index is 13.8. The van der Waals surface area contributed by atoms with Gasteiger partial charge in [0.1, 0.15) is 19.3 Å². The molecule has 8 heteroatoms. The van der Waals surface area contributed by atoms with Crippen LogP contribution in [0, 0.1) is 0 Å².